The fourth-order valence-corrected chi connectivity index (χ4v) is 5.27. The summed E-state index contributed by atoms with van der Waals surface area (Å²) >= 11 is 1.15. The summed E-state index contributed by atoms with van der Waals surface area (Å²) in [5, 5.41) is 4.72. The van der Waals surface area contributed by atoms with Crippen molar-refractivity contribution >= 4 is 33.0 Å². The molecule has 1 aliphatic rings. The molecule has 3 rings (SSSR count). The van der Waals surface area contributed by atoms with Gasteiger partial charge >= 0.3 is 0 Å². The molecule has 2 N–H and O–H groups in total. The number of sulfonamides is 1. The van der Waals surface area contributed by atoms with Crippen molar-refractivity contribution in [2.24, 2.45) is 0 Å². The van der Waals surface area contributed by atoms with E-state index in [0.29, 0.717) is 11.3 Å². The largest absolute Gasteiger partial charge is 0.348 e. The molecule has 2 aromatic rings. The predicted molar refractivity (Wildman–Crippen MR) is 109 cm³/mol. The molecule has 1 amide bonds. The van der Waals surface area contributed by atoms with Crippen molar-refractivity contribution in [1.82, 2.24) is 10.2 Å². The number of likely N-dealkylation sites (tertiary alicyclic amines) is 1. The summed E-state index contributed by atoms with van der Waals surface area (Å²) in [4.78, 5) is 14.9. The summed E-state index contributed by atoms with van der Waals surface area (Å²) in [6, 6.07) is 9.83. The van der Waals surface area contributed by atoms with Crippen LogP contribution in [0.2, 0.25) is 0 Å². The number of hydrogen-bond donors (Lipinski definition) is 2. The van der Waals surface area contributed by atoms with Crippen LogP contribution in [0.5, 0.6) is 0 Å². The van der Waals surface area contributed by atoms with Crippen LogP contribution in [0.3, 0.4) is 0 Å². The first kappa shape index (κ1) is 19.9. The normalized spacial score (nSPS) is 16.6. The molecule has 1 aromatic carbocycles. The third-order valence-corrected chi connectivity index (χ3v) is 7.27. The average Bonchev–Trinajstić information content (AvgIpc) is 3.18. The zero-order valence-corrected chi connectivity index (χ0v) is 17.0. The van der Waals surface area contributed by atoms with E-state index in [2.05, 4.69) is 14.9 Å². The number of nitrogens with one attached hydrogen (secondary N) is 2. The van der Waals surface area contributed by atoms with Crippen LogP contribution in [0.25, 0.3) is 0 Å². The summed E-state index contributed by atoms with van der Waals surface area (Å²) < 4.78 is 27.4. The Morgan fingerprint density at radius 1 is 1.19 bits per heavy atom. The Hall–Kier alpha value is -1.90. The van der Waals surface area contributed by atoms with Crippen LogP contribution in [0, 0.1) is 0 Å². The predicted octanol–water partition coefficient (Wildman–Crippen LogP) is 3.15. The summed E-state index contributed by atoms with van der Waals surface area (Å²) in [6.45, 7) is 4.99. The smallest absolute Gasteiger partial charge is 0.271 e. The molecule has 8 heteroatoms. The number of piperidine rings is 1. The van der Waals surface area contributed by atoms with Gasteiger partial charge in [-0.2, -0.15) is 0 Å². The van der Waals surface area contributed by atoms with Gasteiger partial charge in [0.1, 0.15) is 4.21 Å². The molecule has 0 bridgehead atoms. The minimum absolute atomic E-state index is 0.0297. The highest BCUT2D eigenvalue weighted by Gasteiger charge is 2.18. The Morgan fingerprint density at radius 3 is 2.67 bits per heavy atom. The van der Waals surface area contributed by atoms with Gasteiger partial charge in [-0.1, -0.05) is 18.6 Å². The van der Waals surface area contributed by atoms with E-state index in [1.54, 1.807) is 41.8 Å². The van der Waals surface area contributed by atoms with Gasteiger partial charge in [0.2, 0.25) is 0 Å². The fraction of sp³-hybridized carbons (Fsp3) is 0.421. The summed E-state index contributed by atoms with van der Waals surface area (Å²) in [5.41, 5.74) is 0.812. The molecule has 0 aliphatic carbocycles. The monoisotopic (exact) mass is 407 g/mol. The second kappa shape index (κ2) is 8.86. The molecule has 1 aliphatic heterocycles. The van der Waals surface area contributed by atoms with E-state index in [1.165, 1.54) is 19.3 Å². The van der Waals surface area contributed by atoms with Gasteiger partial charge in [0.05, 0.1) is 0 Å². The minimum atomic E-state index is -3.62. The number of hydrogen-bond acceptors (Lipinski definition) is 5. The van der Waals surface area contributed by atoms with Crippen LogP contribution in [-0.2, 0) is 10.0 Å². The second-order valence-corrected chi connectivity index (χ2v) is 9.71. The molecule has 1 saturated heterocycles. The minimum Gasteiger partial charge on any atom is -0.348 e. The average molecular weight is 408 g/mol. The molecule has 0 saturated carbocycles. The zero-order chi connectivity index (χ0) is 19.3. The van der Waals surface area contributed by atoms with Gasteiger partial charge in [-0.15, -0.1) is 11.3 Å². The number of rotatable bonds is 7. The van der Waals surface area contributed by atoms with Crippen molar-refractivity contribution in [3.63, 3.8) is 0 Å². The lowest BCUT2D eigenvalue weighted by Crippen LogP contribution is -2.43. The lowest BCUT2D eigenvalue weighted by atomic mass is 10.1. The van der Waals surface area contributed by atoms with E-state index in [-0.39, 0.29) is 16.2 Å². The lowest BCUT2D eigenvalue weighted by Gasteiger charge is -2.29. The van der Waals surface area contributed by atoms with Crippen molar-refractivity contribution in [1.29, 1.82) is 0 Å². The van der Waals surface area contributed by atoms with Crippen molar-refractivity contribution in [2.45, 2.75) is 36.4 Å². The Labute approximate surface area is 164 Å². The third-order valence-electron chi connectivity index (χ3n) is 4.50. The first-order valence-corrected chi connectivity index (χ1v) is 11.5. The number of carbonyl (C=O) groups excluding carboxylic acids is 1. The number of nitrogens with zero attached hydrogens (tertiary/aromatic N) is 1. The number of benzene rings is 1. The number of carbonyl (C=O) groups is 1. The maximum absolute atomic E-state index is 12.5. The molecule has 6 nitrogen and oxygen atoms in total. The number of amides is 1. The van der Waals surface area contributed by atoms with Gasteiger partial charge in [0.15, 0.2) is 0 Å². The van der Waals surface area contributed by atoms with Crippen LogP contribution in [0.1, 0.15) is 36.5 Å². The molecule has 1 aromatic heterocycles. The van der Waals surface area contributed by atoms with Gasteiger partial charge in [0.25, 0.3) is 15.9 Å². The number of thiophene rings is 1. The quantitative estimate of drug-likeness (QED) is 0.739. The lowest BCUT2D eigenvalue weighted by molar-refractivity contribution is 0.0925. The molecular weight excluding hydrogens is 382 g/mol. The van der Waals surface area contributed by atoms with E-state index in [9.17, 15) is 13.2 Å². The van der Waals surface area contributed by atoms with Crippen LogP contribution in [0.4, 0.5) is 5.69 Å². The first-order chi connectivity index (χ1) is 12.9. The molecule has 0 spiro atoms. The maximum Gasteiger partial charge on any atom is 0.271 e. The zero-order valence-electron chi connectivity index (χ0n) is 15.3. The van der Waals surface area contributed by atoms with Gasteiger partial charge in [0, 0.05) is 23.8 Å². The first-order valence-electron chi connectivity index (χ1n) is 9.14. The highest BCUT2D eigenvalue weighted by molar-refractivity contribution is 7.94. The maximum atomic E-state index is 12.5. The van der Waals surface area contributed by atoms with E-state index >= 15 is 0 Å². The Balaban J connectivity index is 1.61. The van der Waals surface area contributed by atoms with E-state index in [1.807, 2.05) is 6.92 Å². The summed E-state index contributed by atoms with van der Waals surface area (Å²) in [5.74, 6) is -0.198. The van der Waals surface area contributed by atoms with Gasteiger partial charge < -0.3 is 10.2 Å². The van der Waals surface area contributed by atoms with Gasteiger partial charge in [-0.25, -0.2) is 8.42 Å². The standard InChI is InChI=1S/C19H25N3O3S2/c1-15(14-22-10-3-2-4-11-22)20-19(23)16-7-5-8-17(13-16)21-27(24,25)18-9-6-12-26-18/h5-9,12-13,15,21H,2-4,10-11,14H2,1H3,(H,20,23). The molecule has 1 fully saturated rings. The van der Waals surface area contributed by atoms with Crippen molar-refractivity contribution in [3.8, 4) is 0 Å². The third kappa shape index (κ3) is 5.54. The van der Waals surface area contributed by atoms with Crippen LogP contribution >= 0.6 is 11.3 Å². The van der Waals surface area contributed by atoms with E-state index in [4.69, 9.17) is 0 Å². The molecule has 1 unspecified atom stereocenters. The molecule has 0 radical (unpaired) electrons. The summed E-state index contributed by atoms with van der Waals surface area (Å²) in [7, 11) is -3.62. The SMILES string of the molecule is CC(CN1CCCCC1)NC(=O)c1cccc(NS(=O)(=O)c2cccs2)c1. The Bertz CT molecular complexity index is 860. The second-order valence-electron chi connectivity index (χ2n) is 6.85. The van der Waals surface area contributed by atoms with Crippen LogP contribution in [-0.4, -0.2) is 44.9 Å². The highest BCUT2D eigenvalue weighted by atomic mass is 32.2. The van der Waals surface area contributed by atoms with Crippen molar-refractivity contribution in [3.05, 3.63) is 47.3 Å². The molecule has 1 atom stereocenters. The fourth-order valence-electron chi connectivity index (χ4n) is 3.23. The highest BCUT2D eigenvalue weighted by Crippen LogP contribution is 2.21. The molecule has 2 heterocycles. The van der Waals surface area contributed by atoms with Crippen molar-refractivity contribution in [2.75, 3.05) is 24.4 Å². The Kier molecular flexibility index (Phi) is 6.51. The topological polar surface area (TPSA) is 78.5 Å². The van der Waals surface area contributed by atoms with Crippen LogP contribution in [0.15, 0.2) is 46.0 Å². The van der Waals surface area contributed by atoms with Gasteiger partial charge in [-0.05, 0) is 62.5 Å². The number of anilines is 1. The molecule has 27 heavy (non-hydrogen) atoms. The summed E-state index contributed by atoms with van der Waals surface area (Å²) in [6.07, 6.45) is 3.71. The molecule has 146 valence electrons. The Morgan fingerprint density at radius 2 is 1.96 bits per heavy atom. The van der Waals surface area contributed by atoms with Gasteiger partial charge in [-0.3, -0.25) is 9.52 Å². The van der Waals surface area contributed by atoms with Crippen LogP contribution < -0.4 is 10.0 Å². The van der Waals surface area contributed by atoms with Crippen molar-refractivity contribution < 1.29 is 13.2 Å². The molecular formula is C19H25N3O3S2. The van der Waals surface area contributed by atoms with E-state index in [0.717, 1.165) is 31.0 Å². The van der Waals surface area contributed by atoms with E-state index < -0.39 is 10.0 Å².